The number of ether oxygens (including phenoxy) is 1. The number of hydrogen-bond acceptors (Lipinski definition) is 6. The van der Waals surface area contributed by atoms with Gasteiger partial charge < -0.3 is 19.8 Å². The van der Waals surface area contributed by atoms with Crippen molar-refractivity contribution < 1.29 is 14.9 Å². The van der Waals surface area contributed by atoms with Crippen LogP contribution in [0.4, 0.5) is 5.69 Å². The molecule has 1 aliphatic rings. The van der Waals surface area contributed by atoms with E-state index in [1.165, 1.54) is 0 Å². The molecule has 0 aliphatic carbocycles. The SMILES string of the molecule is Clc1ccccc1.N#Cc1ccc(C(CCO)N2CCN(c3ccc(OCCO)cc3Cl)CC2)cc1. The Morgan fingerprint density at radius 2 is 1.58 bits per heavy atom. The van der Waals surface area contributed by atoms with Crippen LogP contribution in [0.1, 0.15) is 23.6 Å². The number of nitriles is 1. The van der Waals surface area contributed by atoms with Crippen molar-refractivity contribution in [1.82, 2.24) is 4.90 Å². The largest absolute Gasteiger partial charge is 0.491 e. The topological polar surface area (TPSA) is 80.0 Å². The molecule has 0 spiro atoms. The average Bonchev–Trinajstić information content (AvgIpc) is 2.92. The van der Waals surface area contributed by atoms with E-state index >= 15 is 0 Å². The predicted octanol–water partition coefficient (Wildman–Crippen LogP) is 5.17. The molecule has 36 heavy (non-hydrogen) atoms. The van der Waals surface area contributed by atoms with Gasteiger partial charge in [-0.3, -0.25) is 4.90 Å². The summed E-state index contributed by atoms with van der Waals surface area (Å²) in [5, 5.41) is 28.8. The Morgan fingerprint density at radius 3 is 2.11 bits per heavy atom. The molecule has 3 aromatic rings. The summed E-state index contributed by atoms with van der Waals surface area (Å²) < 4.78 is 5.41. The molecule has 1 fully saturated rings. The van der Waals surface area contributed by atoms with E-state index in [-0.39, 0.29) is 25.9 Å². The highest BCUT2D eigenvalue weighted by atomic mass is 35.5. The predicted molar refractivity (Wildman–Crippen MR) is 145 cm³/mol. The summed E-state index contributed by atoms with van der Waals surface area (Å²) in [7, 11) is 0. The highest BCUT2D eigenvalue weighted by molar-refractivity contribution is 6.33. The second kappa shape index (κ2) is 14.7. The smallest absolute Gasteiger partial charge is 0.121 e. The van der Waals surface area contributed by atoms with Gasteiger partial charge >= 0.3 is 0 Å². The summed E-state index contributed by atoms with van der Waals surface area (Å²) in [6.07, 6.45) is 0.656. The third-order valence-electron chi connectivity index (χ3n) is 5.94. The first kappa shape index (κ1) is 27.8. The van der Waals surface area contributed by atoms with E-state index in [0.717, 1.165) is 42.5 Å². The fraction of sp³-hybridized carbons (Fsp3) is 0.321. The lowest BCUT2D eigenvalue weighted by atomic mass is 10.00. The lowest BCUT2D eigenvalue weighted by molar-refractivity contribution is 0.149. The summed E-state index contributed by atoms with van der Waals surface area (Å²) in [6.45, 7) is 3.69. The first-order chi connectivity index (χ1) is 17.5. The third-order valence-corrected chi connectivity index (χ3v) is 6.49. The zero-order valence-electron chi connectivity index (χ0n) is 20.1. The first-order valence-corrected chi connectivity index (χ1v) is 12.6. The molecule has 4 rings (SSSR count). The Hall–Kier alpha value is -2.79. The van der Waals surface area contributed by atoms with Crippen molar-refractivity contribution in [2.45, 2.75) is 12.5 Å². The highest BCUT2D eigenvalue weighted by Crippen LogP contribution is 2.32. The maximum Gasteiger partial charge on any atom is 0.121 e. The minimum atomic E-state index is -0.0322. The second-order valence-corrected chi connectivity index (χ2v) is 9.11. The van der Waals surface area contributed by atoms with E-state index < -0.39 is 0 Å². The molecule has 0 radical (unpaired) electrons. The molecule has 1 saturated heterocycles. The van der Waals surface area contributed by atoms with Gasteiger partial charge in [-0.05, 0) is 48.4 Å². The van der Waals surface area contributed by atoms with Gasteiger partial charge in [0.05, 0.1) is 28.9 Å². The van der Waals surface area contributed by atoms with Gasteiger partial charge in [-0.1, -0.05) is 53.5 Å². The molecule has 6 nitrogen and oxygen atoms in total. The quantitative estimate of drug-likeness (QED) is 0.420. The summed E-state index contributed by atoms with van der Waals surface area (Å²) >= 11 is 12.0. The van der Waals surface area contributed by atoms with E-state index in [1.54, 1.807) is 6.07 Å². The molecule has 2 N–H and O–H groups in total. The van der Waals surface area contributed by atoms with Crippen molar-refractivity contribution in [1.29, 1.82) is 5.26 Å². The summed E-state index contributed by atoms with van der Waals surface area (Å²) in [6, 6.07) is 24.9. The number of nitrogens with zero attached hydrogens (tertiary/aromatic N) is 3. The van der Waals surface area contributed by atoms with E-state index in [4.69, 9.17) is 38.3 Å². The molecule has 1 aliphatic heterocycles. The molecule has 0 saturated carbocycles. The normalized spacial score (nSPS) is 14.4. The fourth-order valence-electron chi connectivity index (χ4n) is 4.15. The second-order valence-electron chi connectivity index (χ2n) is 8.27. The van der Waals surface area contributed by atoms with Crippen molar-refractivity contribution in [3.05, 3.63) is 94.0 Å². The van der Waals surface area contributed by atoms with Gasteiger partial charge in [0.15, 0.2) is 0 Å². The van der Waals surface area contributed by atoms with E-state index in [0.29, 0.717) is 22.8 Å². The average molecular weight is 528 g/mol. The Morgan fingerprint density at radius 1 is 0.889 bits per heavy atom. The number of piperazine rings is 1. The summed E-state index contributed by atoms with van der Waals surface area (Å²) in [5.74, 6) is 0.648. The van der Waals surface area contributed by atoms with Crippen LogP contribution in [0.15, 0.2) is 72.8 Å². The van der Waals surface area contributed by atoms with Gasteiger partial charge in [-0.2, -0.15) is 5.26 Å². The standard InChI is InChI=1S/C22H26ClN3O3.C6H5Cl/c23-20-15-19(29-14-13-28)5-6-22(20)26-10-8-25(9-11-26)21(7-12-27)18-3-1-17(16-24)2-4-18;7-6-4-2-1-3-5-6/h1-6,15,21,27-28H,7-14H2;1-5H. The molecular weight excluding hydrogens is 497 g/mol. The van der Waals surface area contributed by atoms with Crippen LogP contribution in [-0.4, -0.2) is 61.1 Å². The monoisotopic (exact) mass is 527 g/mol. The fourth-order valence-corrected chi connectivity index (χ4v) is 4.58. The Bertz CT molecular complexity index is 1100. The number of hydrogen-bond donors (Lipinski definition) is 2. The number of rotatable bonds is 8. The van der Waals surface area contributed by atoms with Crippen LogP contribution in [0.3, 0.4) is 0 Å². The summed E-state index contributed by atoms with van der Waals surface area (Å²) in [5.41, 5.74) is 2.73. The third kappa shape index (κ3) is 8.12. The van der Waals surface area contributed by atoms with Crippen LogP contribution in [0.2, 0.25) is 10.0 Å². The van der Waals surface area contributed by atoms with Crippen LogP contribution >= 0.6 is 23.2 Å². The van der Waals surface area contributed by atoms with Crippen LogP contribution < -0.4 is 9.64 Å². The molecule has 1 unspecified atom stereocenters. The molecule has 190 valence electrons. The zero-order chi connectivity index (χ0) is 25.8. The molecule has 3 aromatic carbocycles. The van der Waals surface area contributed by atoms with Crippen LogP contribution in [0.5, 0.6) is 5.75 Å². The Kier molecular flexibility index (Phi) is 11.3. The van der Waals surface area contributed by atoms with E-state index in [2.05, 4.69) is 15.9 Å². The first-order valence-electron chi connectivity index (χ1n) is 11.9. The summed E-state index contributed by atoms with van der Waals surface area (Å²) in [4.78, 5) is 4.63. The maximum atomic E-state index is 9.55. The van der Waals surface area contributed by atoms with Crippen molar-refractivity contribution in [3.63, 3.8) is 0 Å². The molecule has 0 bridgehead atoms. The minimum Gasteiger partial charge on any atom is -0.491 e. The lowest BCUT2D eigenvalue weighted by Crippen LogP contribution is -2.48. The number of benzene rings is 3. The molecule has 0 aromatic heterocycles. The van der Waals surface area contributed by atoms with Gasteiger partial charge in [0.25, 0.3) is 0 Å². The molecular formula is C28H31Cl2N3O3. The van der Waals surface area contributed by atoms with E-state index in [9.17, 15) is 5.11 Å². The number of anilines is 1. The lowest BCUT2D eigenvalue weighted by Gasteiger charge is -2.40. The van der Waals surface area contributed by atoms with Gasteiger partial charge in [0.2, 0.25) is 0 Å². The van der Waals surface area contributed by atoms with Crippen LogP contribution in [0, 0.1) is 11.3 Å². The Labute approximate surface area is 222 Å². The van der Waals surface area contributed by atoms with Crippen molar-refractivity contribution in [2.24, 2.45) is 0 Å². The molecule has 1 atom stereocenters. The maximum absolute atomic E-state index is 9.55. The van der Waals surface area contributed by atoms with Gasteiger partial charge in [-0.25, -0.2) is 0 Å². The molecule has 0 amide bonds. The van der Waals surface area contributed by atoms with Crippen LogP contribution in [-0.2, 0) is 0 Å². The highest BCUT2D eigenvalue weighted by Gasteiger charge is 2.25. The van der Waals surface area contributed by atoms with Crippen molar-refractivity contribution >= 4 is 28.9 Å². The number of halogens is 2. The van der Waals surface area contributed by atoms with Gasteiger partial charge in [-0.15, -0.1) is 0 Å². The van der Waals surface area contributed by atoms with Crippen molar-refractivity contribution in [2.75, 3.05) is 50.9 Å². The van der Waals surface area contributed by atoms with E-state index in [1.807, 2.05) is 66.7 Å². The molecule has 8 heteroatoms. The Balaban J connectivity index is 0.000000444. The minimum absolute atomic E-state index is 0.0322. The van der Waals surface area contributed by atoms with Gasteiger partial charge in [0.1, 0.15) is 12.4 Å². The zero-order valence-corrected chi connectivity index (χ0v) is 21.6. The number of aliphatic hydroxyl groups excluding tert-OH is 2. The van der Waals surface area contributed by atoms with Crippen LogP contribution in [0.25, 0.3) is 0 Å². The van der Waals surface area contributed by atoms with Crippen molar-refractivity contribution in [3.8, 4) is 11.8 Å². The van der Waals surface area contributed by atoms with Gasteiger partial charge in [0, 0.05) is 49.9 Å². The molecule has 1 heterocycles. The number of aliphatic hydroxyl groups is 2.